The van der Waals surface area contributed by atoms with Crippen LogP contribution in [0.5, 0.6) is 5.75 Å². The van der Waals surface area contributed by atoms with Crippen LogP contribution in [0.4, 0.5) is 0 Å². The van der Waals surface area contributed by atoms with Gasteiger partial charge in [-0.05, 0) is 52.8 Å². The number of phenolic OH excluding ortho intramolecular Hbond substituents is 1. The van der Waals surface area contributed by atoms with Gasteiger partial charge in [-0.25, -0.2) is 0 Å². The molecule has 0 saturated carbocycles. The normalized spacial score (nSPS) is 17.0. The maximum Gasteiger partial charge on any atom is 0.286 e. The summed E-state index contributed by atoms with van der Waals surface area (Å²) in [6, 6.07) is 3.88. The van der Waals surface area contributed by atoms with Crippen LogP contribution in [0, 0.1) is 5.41 Å². The number of rotatable bonds is 1. The number of thioether (sulfide) groups is 1. The summed E-state index contributed by atoms with van der Waals surface area (Å²) in [7, 11) is 0. The van der Waals surface area contributed by atoms with E-state index in [0.29, 0.717) is 15.8 Å². The molecule has 0 fully saturated rings. The third-order valence-electron chi connectivity index (χ3n) is 4.34. The van der Waals surface area contributed by atoms with Crippen molar-refractivity contribution in [2.45, 2.75) is 59.3 Å². The first-order valence-electron chi connectivity index (χ1n) is 8.73. The summed E-state index contributed by atoms with van der Waals surface area (Å²) < 4.78 is 0. The van der Waals surface area contributed by atoms with E-state index in [-0.39, 0.29) is 22.7 Å². The molecule has 0 aliphatic carbocycles. The quantitative estimate of drug-likeness (QED) is 0.332. The fourth-order valence-corrected chi connectivity index (χ4v) is 3.72. The number of hydrogen-bond acceptors (Lipinski definition) is 4. The first-order valence-corrected chi connectivity index (χ1v) is 9.54. The highest BCUT2D eigenvalue weighted by Gasteiger charge is 2.29. The van der Waals surface area contributed by atoms with E-state index in [0.717, 1.165) is 22.3 Å². The molecule has 6 nitrogen and oxygen atoms in total. The van der Waals surface area contributed by atoms with Crippen LogP contribution in [-0.2, 0) is 15.6 Å². The monoisotopic (exact) mass is 388 g/mol. The van der Waals surface area contributed by atoms with Gasteiger partial charge in [0.25, 0.3) is 5.91 Å². The molecule has 1 amide bonds. The number of phenols is 1. The number of nitrogens with two attached hydrogens (primary N) is 1. The minimum absolute atomic E-state index is 0.254. The van der Waals surface area contributed by atoms with Crippen LogP contribution in [-0.4, -0.2) is 22.1 Å². The lowest BCUT2D eigenvalue weighted by molar-refractivity contribution is -0.113. The number of allylic oxidation sites excluding steroid dienone is 1. The topological polar surface area (TPSA) is 112 Å². The van der Waals surface area contributed by atoms with Gasteiger partial charge in [0.1, 0.15) is 5.75 Å². The summed E-state index contributed by atoms with van der Waals surface area (Å²) in [6.45, 7) is 14.2. The Labute approximate surface area is 164 Å². The Morgan fingerprint density at radius 3 is 2.04 bits per heavy atom. The van der Waals surface area contributed by atoms with E-state index >= 15 is 0 Å². The van der Waals surface area contributed by atoms with E-state index < -0.39 is 0 Å². The molecule has 2 rings (SSSR count). The van der Waals surface area contributed by atoms with Crippen molar-refractivity contribution < 1.29 is 9.90 Å². The number of benzene rings is 1. The van der Waals surface area contributed by atoms with E-state index in [2.05, 4.69) is 10.3 Å². The Hall–Kier alpha value is -2.28. The van der Waals surface area contributed by atoms with Crippen LogP contribution >= 0.6 is 11.8 Å². The average Bonchev–Trinajstić information content (AvgIpc) is 2.84. The van der Waals surface area contributed by atoms with Crippen LogP contribution in [0.1, 0.15) is 65.2 Å². The minimum atomic E-state index is -0.357. The molecule has 0 radical (unpaired) electrons. The number of amidine groups is 1. The molecule has 0 atom stereocenters. The molecule has 1 heterocycles. The van der Waals surface area contributed by atoms with Gasteiger partial charge in [-0.2, -0.15) is 4.99 Å². The highest BCUT2D eigenvalue weighted by atomic mass is 32.2. The first-order chi connectivity index (χ1) is 12.2. The molecule has 5 N–H and O–H groups in total. The standard InChI is InChI=1S/C20H28N4O2S/c1-10(15-16(26)23-18(27-15)24-17(21)22)11-8-12(19(2,3)4)14(25)13(9-11)20(5,6)7/h8-9,25H,1-7H3,(H4,21,22,23,24,26)/b15-10+. The molecule has 1 aliphatic heterocycles. The van der Waals surface area contributed by atoms with E-state index in [1.807, 2.05) is 60.6 Å². The SMILES string of the molecule is C/C(=C1\SC(NC(=N)N)=NC1=O)c1cc(C(C)(C)C)c(O)c(C(C)(C)C)c1. The van der Waals surface area contributed by atoms with Crippen LogP contribution in [0.15, 0.2) is 22.0 Å². The van der Waals surface area contributed by atoms with Crippen molar-refractivity contribution in [2.75, 3.05) is 0 Å². The predicted molar refractivity (Wildman–Crippen MR) is 113 cm³/mol. The highest BCUT2D eigenvalue weighted by molar-refractivity contribution is 8.18. The van der Waals surface area contributed by atoms with Crippen LogP contribution in [0.3, 0.4) is 0 Å². The number of carbonyl (C=O) groups excluding carboxylic acids is 1. The Bertz CT molecular complexity index is 836. The fourth-order valence-electron chi connectivity index (χ4n) is 2.84. The summed E-state index contributed by atoms with van der Waals surface area (Å²) in [5.41, 5.74) is 8.15. The van der Waals surface area contributed by atoms with Crippen molar-refractivity contribution in [2.24, 2.45) is 10.7 Å². The van der Waals surface area contributed by atoms with Crippen molar-refractivity contribution >= 4 is 34.4 Å². The maximum absolute atomic E-state index is 12.3. The fraction of sp³-hybridized carbons (Fsp3) is 0.450. The van der Waals surface area contributed by atoms with Gasteiger partial charge in [-0.3, -0.25) is 10.2 Å². The Morgan fingerprint density at radius 1 is 1.15 bits per heavy atom. The molecule has 0 unspecified atom stereocenters. The zero-order chi connectivity index (χ0) is 20.7. The molecular formula is C20H28N4O2S. The van der Waals surface area contributed by atoms with E-state index in [1.54, 1.807) is 0 Å². The van der Waals surface area contributed by atoms with Crippen molar-refractivity contribution in [1.82, 2.24) is 5.32 Å². The number of aromatic hydroxyl groups is 1. The third-order valence-corrected chi connectivity index (χ3v) is 5.41. The lowest BCUT2D eigenvalue weighted by Crippen LogP contribution is -2.33. The number of aliphatic imine (C=N–C) groups is 1. The molecule has 0 aromatic heterocycles. The first kappa shape index (κ1) is 21.0. The Kier molecular flexibility index (Phi) is 5.48. The second-order valence-corrected chi connectivity index (χ2v) is 9.74. The number of nitrogens with zero attached hydrogens (tertiary/aromatic N) is 1. The van der Waals surface area contributed by atoms with E-state index in [4.69, 9.17) is 11.1 Å². The summed E-state index contributed by atoms with van der Waals surface area (Å²) in [5, 5.41) is 21.0. The van der Waals surface area contributed by atoms with Crippen molar-refractivity contribution in [3.05, 3.63) is 33.7 Å². The van der Waals surface area contributed by atoms with Crippen LogP contribution in [0.2, 0.25) is 0 Å². The summed E-state index contributed by atoms with van der Waals surface area (Å²) in [6.07, 6.45) is 0. The molecule has 0 spiro atoms. The van der Waals surface area contributed by atoms with Crippen LogP contribution < -0.4 is 11.1 Å². The van der Waals surface area contributed by atoms with Gasteiger partial charge >= 0.3 is 0 Å². The molecule has 1 aromatic rings. The molecule has 0 bridgehead atoms. The van der Waals surface area contributed by atoms with Crippen LogP contribution in [0.25, 0.3) is 5.57 Å². The average molecular weight is 389 g/mol. The number of nitrogens with one attached hydrogen (secondary N) is 2. The van der Waals surface area contributed by atoms with Gasteiger partial charge in [0.2, 0.25) is 0 Å². The molecule has 1 aliphatic rings. The number of guanidine groups is 1. The van der Waals surface area contributed by atoms with Gasteiger partial charge in [-0.15, -0.1) is 0 Å². The molecule has 27 heavy (non-hydrogen) atoms. The van der Waals surface area contributed by atoms with Gasteiger partial charge in [0, 0.05) is 11.1 Å². The van der Waals surface area contributed by atoms with Crippen molar-refractivity contribution in [3.8, 4) is 5.75 Å². The van der Waals surface area contributed by atoms with Gasteiger partial charge in [-0.1, -0.05) is 41.5 Å². The number of amides is 1. The zero-order valence-electron chi connectivity index (χ0n) is 16.9. The lowest BCUT2D eigenvalue weighted by Gasteiger charge is -2.28. The van der Waals surface area contributed by atoms with E-state index in [1.165, 1.54) is 11.8 Å². The highest BCUT2D eigenvalue weighted by Crippen LogP contribution is 2.42. The zero-order valence-corrected chi connectivity index (χ0v) is 17.8. The minimum Gasteiger partial charge on any atom is -0.507 e. The Morgan fingerprint density at radius 2 is 1.63 bits per heavy atom. The predicted octanol–water partition coefficient (Wildman–Crippen LogP) is 3.83. The third kappa shape index (κ3) is 4.53. The smallest absolute Gasteiger partial charge is 0.286 e. The summed E-state index contributed by atoms with van der Waals surface area (Å²) in [4.78, 5) is 16.8. The lowest BCUT2D eigenvalue weighted by atomic mass is 9.78. The molecule has 146 valence electrons. The van der Waals surface area contributed by atoms with E-state index in [9.17, 15) is 9.90 Å². The number of carbonyl (C=O) groups is 1. The molecular weight excluding hydrogens is 360 g/mol. The van der Waals surface area contributed by atoms with Crippen molar-refractivity contribution in [1.29, 1.82) is 5.41 Å². The Balaban J connectivity index is 2.62. The van der Waals surface area contributed by atoms with Gasteiger partial charge in [0.05, 0.1) is 4.91 Å². The van der Waals surface area contributed by atoms with Gasteiger partial charge < -0.3 is 16.2 Å². The number of hydrogen-bond donors (Lipinski definition) is 4. The molecule has 1 aromatic carbocycles. The van der Waals surface area contributed by atoms with Gasteiger partial charge in [0.15, 0.2) is 11.1 Å². The second kappa shape index (κ2) is 7.03. The second-order valence-electron chi connectivity index (χ2n) is 8.74. The molecule has 0 saturated heterocycles. The maximum atomic E-state index is 12.3. The van der Waals surface area contributed by atoms with Crippen molar-refractivity contribution in [3.63, 3.8) is 0 Å². The molecule has 7 heteroatoms. The largest absolute Gasteiger partial charge is 0.507 e. The summed E-state index contributed by atoms with van der Waals surface area (Å²) >= 11 is 1.17. The summed E-state index contributed by atoms with van der Waals surface area (Å²) in [5.74, 6) is -0.316.